The molecule has 2 fully saturated rings. The maximum atomic E-state index is 13.3. The van der Waals surface area contributed by atoms with Gasteiger partial charge < -0.3 is 10.2 Å². The van der Waals surface area contributed by atoms with Gasteiger partial charge in [0.1, 0.15) is 13.7 Å². The Hall–Kier alpha value is -3.68. The lowest BCUT2D eigenvalue weighted by Gasteiger charge is -2.33. The minimum Gasteiger partial charge on any atom is -0.366 e. The van der Waals surface area contributed by atoms with Crippen LogP contribution in [0.3, 0.4) is 0 Å². The zero-order valence-electron chi connectivity index (χ0n) is 19.5. The van der Waals surface area contributed by atoms with Gasteiger partial charge in [0.05, 0.1) is 5.69 Å². The third kappa shape index (κ3) is 4.40. The predicted molar refractivity (Wildman–Crippen MR) is 136 cm³/mol. The van der Waals surface area contributed by atoms with Gasteiger partial charge in [0.2, 0.25) is 5.91 Å². The lowest BCUT2D eigenvalue weighted by atomic mass is 9.93. The number of piperidine rings is 1. The Morgan fingerprint density at radius 3 is 2.86 bits per heavy atom. The summed E-state index contributed by atoms with van der Waals surface area (Å²) < 4.78 is 1.75. The van der Waals surface area contributed by atoms with Crippen LogP contribution in [0, 0.1) is 5.92 Å². The van der Waals surface area contributed by atoms with Crippen LogP contribution >= 0.6 is 0 Å². The highest BCUT2D eigenvalue weighted by atomic mass is 16.2. The minimum atomic E-state index is 0.105. The van der Waals surface area contributed by atoms with E-state index in [0.29, 0.717) is 30.1 Å². The highest BCUT2D eigenvalue weighted by molar-refractivity contribution is 6.36. The Morgan fingerprint density at radius 2 is 2.03 bits per heavy atom. The molecule has 7 nitrogen and oxygen atoms in total. The fourth-order valence-electron chi connectivity index (χ4n) is 5.22. The predicted octanol–water partition coefficient (Wildman–Crippen LogP) is 3.04. The second-order valence-electron chi connectivity index (χ2n) is 9.60. The summed E-state index contributed by atoms with van der Waals surface area (Å²) in [4.78, 5) is 24.4. The van der Waals surface area contributed by atoms with E-state index in [4.69, 9.17) is 12.8 Å². The molecular formula is C27H27BN6O. The average molecular weight is 462 g/mol. The van der Waals surface area contributed by atoms with Crippen molar-refractivity contribution < 1.29 is 4.79 Å². The number of carbonyl (C=O) groups excluding carboxylic acids is 1. The molecule has 2 radical (unpaired) electrons. The lowest BCUT2D eigenvalue weighted by molar-refractivity contribution is -0.133. The monoisotopic (exact) mass is 462 g/mol. The third-order valence-electron chi connectivity index (χ3n) is 7.20. The Labute approximate surface area is 206 Å². The van der Waals surface area contributed by atoms with Crippen molar-refractivity contribution in [2.24, 2.45) is 5.92 Å². The van der Waals surface area contributed by atoms with E-state index in [0.717, 1.165) is 42.9 Å². The molecule has 6 rings (SSSR count). The van der Waals surface area contributed by atoms with Gasteiger partial charge in [-0.2, -0.15) is 9.61 Å². The number of aromatic nitrogens is 4. The molecule has 1 N–H and O–H groups in total. The van der Waals surface area contributed by atoms with Crippen LogP contribution in [-0.2, 0) is 11.3 Å². The molecule has 3 atom stereocenters. The summed E-state index contributed by atoms with van der Waals surface area (Å²) in [6, 6.07) is 16.4. The van der Waals surface area contributed by atoms with Crippen molar-refractivity contribution >= 4 is 30.7 Å². The normalized spacial score (nSPS) is 21.7. The number of anilines is 1. The number of rotatable bonds is 6. The van der Waals surface area contributed by atoms with Gasteiger partial charge >= 0.3 is 0 Å². The Kier molecular flexibility index (Phi) is 5.72. The van der Waals surface area contributed by atoms with E-state index < -0.39 is 0 Å². The van der Waals surface area contributed by atoms with Crippen LogP contribution in [0.4, 0.5) is 5.82 Å². The molecule has 0 spiro atoms. The molecule has 1 aliphatic carbocycles. The van der Waals surface area contributed by atoms with Gasteiger partial charge in [0.15, 0.2) is 5.65 Å². The number of hydrogen-bond acceptors (Lipinski definition) is 5. The molecule has 0 bridgehead atoms. The Bertz CT molecular complexity index is 1340. The van der Waals surface area contributed by atoms with Gasteiger partial charge in [0.25, 0.3) is 0 Å². The highest BCUT2D eigenvalue weighted by Crippen LogP contribution is 2.48. The molecule has 1 aromatic carbocycles. The van der Waals surface area contributed by atoms with Gasteiger partial charge in [-0.1, -0.05) is 36.4 Å². The van der Waals surface area contributed by atoms with Gasteiger partial charge in [-0.15, -0.1) is 0 Å². The van der Waals surface area contributed by atoms with E-state index in [9.17, 15) is 4.79 Å². The Balaban J connectivity index is 1.21. The summed E-state index contributed by atoms with van der Waals surface area (Å²) in [6.45, 7) is 2.12. The highest BCUT2D eigenvalue weighted by Gasteiger charge is 2.46. The van der Waals surface area contributed by atoms with E-state index >= 15 is 0 Å². The first-order chi connectivity index (χ1) is 17.2. The van der Waals surface area contributed by atoms with Crippen molar-refractivity contribution in [3.8, 4) is 0 Å². The fourth-order valence-corrected chi connectivity index (χ4v) is 5.22. The second kappa shape index (κ2) is 9.17. The first-order valence-electron chi connectivity index (χ1n) is 12.3. The van der Waals surface area contributed by atoms with Crippen molar-refractivity contribution in [1.82, 2.24) is 24.5 Å². The molecule has 4 heterocycles. The standard InChI is InChI=1S/C27H27BN6O/c28-23-16-31-34-25(30-15-18-6-4-10-29-14-18)13-24(32-26(23)34)20-9-5-11-33(17-20)27(35)22-12-21(22)19-7-2-1-3-8-19/h1-4,6-8,10,13-14,16,20-22,30H,5,9,11-12,15,17H2/t20?,21-,22+/m0/s1. The molecule has 1 aliphatic heterocycles. The molecule has 1 saturated heterocycles. The minimum absolute atomic E-state index is 0.105. The smallest absolute Gasteiger partial charge is 0.226 e. The van der Waals surface area contributed by atoms with Crippen LogP contribution in [0.2, 0.25) is 0 Å². The number of fused-ring (bicyclic) bond motifs is 1. The molecule has 1 saturated carbocycles. The van der Waals surface area contributed by atoms with Crippen LogP contribution in [0.1, 0.15) is 47.9 Å². The zero-order valence-corrected chi connectivity index (χ0v) is 19.5. The number of benzene rings is 1. The van der Waals surface area contributed by atoms with E-state index in [-0.39, 0.29) is 17.7 Å². The lowest BCUT2D eigenvalue weighted by Crippen LogP contribution is -2.40. The third-order valence-corrected chi connectivity index (χ3v) is 7.20. The molecule has 2 aliphatic rings. The molecule has 4 aromatic rings. The fraction of sp³-hybridized carbons (Fsp3) is 0.333. The summed E-state index contributed by atoms with van der Waals surface area (Å²) in [5.74, 6) is 1.74. The molecule has 35 heavy (non-hydrogen) atoms. The summed E-state index contributed by atoms with van der Waals surface area (Å²) >= 11 is 0. The number of amides is 1. The Morgan fingerprint density at radius 1 is 1.14 bits per heavy atom. The van der Waals surface area contributed by atoms with Gasteiger partial charge in [-0.25, -0.2) is 4.98 Å². The van der Waals surface area contributed by atoms with Crippen LogP contribution in [-0.4, -0.2) is 51.3 Å². The van der Waals surface area contributed by atoms with Crippen molar-refractivity contribution in [3.05, 3.63) is 83.9 Å². The van der Waals surface area contributed by atoms with Crippen molar-refractivity contribution in [2.45, 2.75) is 37.6 Å². The number of likely N-dealkylation sites (tertiary alicyclic amines) is 1. The number of nitrogens with zero attached hydrogens (tertiary/aromatic N) is 5. The van der Waals surface area contributed by atoms with Crippen LogP contribution in [0.5, 0.6) is 0 Å². The molecule has 1 amide bonds. The van der Waals surface area contributed by atoms with Gasteiger partial charge in [0, 0.05) is 56.1 Å². The molecule has 8 heteroatoms. The van der Waals surface area contributed by atoms with E-state index in [1.54, 1.807) is 16.9 Å². The quantitative estimate of drug-likeness (QED) is 0.446. The number of pyridine rings is 1. The molecule has 3 aromatic heterocycles. The van der Waals surface area contributed by atoms with Crippen molar-refractivity contribution in [2.75, 3.05) is 18.4 Å². The SMILES string of the molecule is [B]c1cnn2c(NCc3cccnc3)cc(C3CCCN(C(=O)[C@@H]4C[C@H]4c4ccccc4)C3)nc12. The van der Waals surface area contributed by atoms with Crippen molar-refractivity contribution in [1.29, 1.82) is 0 Å². The van der Waals surface area contributed by atoms with Crippen LogP contribution in [0.15, 0.2) is 67.1 Å². The van der Waals surface area contributed by atoms with E-state index in [1.807, 2.05) is 24.4 Å². The van der Waals surface area contributed by atoms with E-state index in [2.05, 4.69) is 50.6 Å². The topological polar surface area (TPSA) is 75.4 Å². The summed E-state index contributed by atoms with van der Waals surface area (Å²) in [5.41, 5.74) is 4.49. The second-order valence-corrected chi connectivity index (χ2v) is 9.60. The van der Waals surface area contributed by atoms with E-state index in [1.165, 1.54) is 5.56 Å². The zero-order chi connectivity index (χ0) is 23.8. The summed E-state index contributed by atoms with van der Waals surface area (Å²) in [5, 5.41) is 7.88. The van der Waals surface area contributed by atoms with Crippen molar-refractivity contribution in [3.63, 3.8) is 0 Å². The van der Waals surface area contributed by atoms with Gasteiger partial charge in [-0.3, -0.25) is 9.78 Å². The van der Waals surface area contributed by atoms with Crippen LogP contribution in [0.25, 0.3) is 5.65 Å². The first-order valence-corrected chi connectivity index (χ1v) is 12.3. The van der Waals surface area contributed by atoms with Crippen LogP contribution < -0.4 is 10.8 Å². The largest absolute Gasteiger partial charge is 0.366 e. The average Bonchev–Trinajstić information content (AvgIpc) is 3.64. The molecule has 174 valence electrons. The summed E-state index contributed by atoms with van der Waals surface area (Å²) in [7, 11) is 6.20. The number of nitrogens with one attached hydrogen (secondary N) is 1. The maximum absolute atomic E-state index is 13.3. The molecule has 1 unspecified atom stereocenters. The first kappa shape index (κ1) is 21.8. The number of hydrogen-bond donors (Lipinski definition) is 1. The summed E-state index contributed by atoms with van der Waals surface area (Å²) in [6.07, 6.45) is 8.15. The van der Waals surface area contributed by atoms with Gasteiger partial charge in [-0.05, 0) is 47.8 Å². The number of carbonyl (C=O) groups is 1. The maximum Gasteiger partial charge on any atom is 0.226 e. The molecular weight excluding hydrogens is 435 g/mol.